The minimum atomic E-state index is -1.37. The number of aromatic hydroxyl groups is 1. The number of halogens is 1. The van der Waals surface area contributed by atoms with Gasteiger partial charge in [-0.15, -0.1) is 0 Å². The molecule has 2 rings (SSSR count). The number of rotatable bonds is 1. The molecule has 0 amide bonds. The van der Waals surface area contributed by atoms with E-state index in [-0.39, 0.29) is 18.6 Å². The molecule has 1 aromatic carbocycles. The van der Waals surface area contributed by atoms with Crippen LogP contribution in [0, 0.1) is 5.82 Å². The highest BCUT2D eigenvalue weighted by atomic mass is 19.1. The standard InChI is InChI=1S/C11H11BFNO5/c1-14-5-10(16)18-12(19-11(17)6-14)8-3-2-7(13)4-9(8)15/h2-4,15H,5-6H2,1H3. The second-order valence-corrected chi connectivity index (χ2v) is 4.19. The van der Waals surface area contributed by atoms with Crippen LogP contribution in [0.3, 0.4) is 0 Å². The molecular weight excluding hydrogens is 256 g/mol. The molecule has 0 aromatic heterocycles. The smallest absolute Gasteiger partial charge is 0.508 e. The van der Waals surface area contributed by atoms with Gasteiger partial charge in [-0.1, -0.05) is 6.07 Å². The van der Waals surface area contributed by atoms with Crippen LogP contribution >= 0.6 is 0 Å². The summed E-state index contributed by atoms with van der Waals surface area (Å²) in [5.74, 6) is -2.31. The van der Waals surface area contributed by atoms with Gasteiger partial charge in [0.1, 0.15) is 11.6 Å². The summed E-state index contributed by atoms with van der Waals surface area (Å²) in [6.45, 7) is -0.152. The molecule has 0 aliphatic carbocycles. The third-order valence-corrected chi connectivity index (χ3v) is 2.52. The molecule has 0 spiro atoms. The van der Waals surface area contributed by atoms with Crippen molar-refractivity contribution >= 4 is 24.5 Å². The van der Waals surface area contributed by atoms with Crippen molar-refractivity contribution in [1.82, 2.24) is 4.90 Å². The summed E-state index contributed by atoms with van der Waals surface area (Å²) < 4.78 is 22.7. The molecule has 19 heavy (non-hydrogen) atoms. The molecule has 0 atom stereocenters. The Morgan fingerprint density at radius 2 is 1.84 bits per heavy atom. The van der Waals surface area contributed by atoms with Crippen LogP contribution in [0.15, 0.2) is 18.2 Å². The molecule has 100 valence electrons. The Bertz CT molecular complexity index is 504. The molecule has 1 saturated heterocycles. The topological polar surface area (TPSA) is 76.1 Å². The first-order valence-corrected chi connectivity index (χ1v) is 5.51. The summed E-state index contributed by atoms with van der Waals surface area (Å²) in [4.78, 5) is 24.4. The second-order valence-electron chi connectivity index (χ2n) is 4.19. The summed E-state index contributed by atoms with van der Waals surface area (Å²) >= 11 is 0. The molecule has 6 nitrogen and oxygen atoms in total. The quantitative estimate of drug-likeness (QED) is 0.675. The van der Waals surface area contributed by atoms with Crippen molar-refractivity contribution in [2.45, 2.75) is 0 Å². The fraction of sp³-hybridized carbons (Fsp3) is 0.273. The number of hydrogen-bond acceptors (Lipinski definition) is 6. The van der Waals surface area contributed by atoms with E-state index in [2.05, 4.69) is 0 Å². The Morgan fingerprint density at radius 1 is 1.26 bits per heavy atom. The zero-order valence-electron chi connectivity index (χ0n) is 10.1. The summed E-state index contributed by atoms with van der Waals surface area (Å²) in [6.07, 6.45) is 0. The van der Waals surface area contributed by atoms with Gasteiger partial charge in [0, 0.05) is 6.07 Å². The van der Waals surface area contributed by atoms with Gasteiger partial charge in [0.25, 0.3) is 0 Å². The Hall–Kier alpha value is -2.09. The summed E-state index contributed by atoms with van der Waals surface area (Å²) in [6, 6.07) is 3.12. The lowest BCUT2D eigenvalue weighted by Gasteiger charge is -2.22. The Labute approximate surface area is 108 Å². The largest absolute Gasteiger partial charge is 0.640 e. The van der Waals surface area contributed by atoms with Crippen LogP contribution < -0.4 is 5.46 Å². The summed E-state index contributed by atoms with van der Waals surface area (Å²) in [5.41, 5.74) is 0.0210. The van der Waals surface area contributed by atoms with Crippen LogP contribution in [0.5, 0.6) is 5.75 Å². The highest BCUT2D eigenvalue weighted by molar-refractivity contribution is 6.65. The molecule has 1 fully saturated rings. The SMILES string of the molecule is CN1CC(=O)OB(c2ccc(F)cc2O)OC(=O)C1. The van der Waals surface area contributed by atoms with Gasteiger partial charge < -0.3 is 14.4 Å². The monoisotopic (exact) mass is 267 g/mol. The third kappa shape index (κ3) is 3.22. The lowest BCUT2D eigenvalue weighted by Crippen LogP contribution is -2.47. The maximum atomic E-state index is 12.9. The van der Waals surface area contributed by atoms with Crippen molar-refractivity contribution in [1.29, 1.82) is 0 Å². The maximum Gasteiger partial charge on any atom is 0.640 e. The molecule has 8 heteroatoms. The van der Waals surface area contributed by atoms with Crippen LogP contribution in [-0.2, 0) is 18.9 Å². The first kappa shape index (κ1) is 13.3. The van der Waals surface area contributed by atoms with Gasteiger partial charge in [-0.05, 0) is 13.1 Å². The fourth-order valence-electron chi connectivity index (χ4n) is 1.68. The molecule has 0 unspecified atom stereocenters. The molecule has 1 aliphatic rings. The molecule has 1 N–H and O–H groups in total. The average molecular weight is 267 g/mol. The lowest BCUT2D eigenvalue weighted by molar-refractivity contribution is -0.145. The zero-order valence-corrected chi connectivity index (χ0v) is 10.1. The van der Waals surface area contributed by atoms with E-state index >= 15 is 0 Å². The molecule has 1 aromatic rings. The molecule has 0 radical (unpaired) electrons. The number of carbonyl (C=O) groups is 2. The van der Waals surface area contributed by atoms with Crippen LogP contribution in [-0.4, -0.2) is 49.2 Å². The average Bonchev–Trinajstić information content (AvgIpc) is 2.25. The van der Waals surface area contributed by atoms with E-state index in [1.165, 1.54) is 11.0 Å². The number of phenols is 1. The van der Waals surface area contributed by atoms with Gasteiger partial charge in [0.05, 0.1) is 18.6 Å². The fourth-order valence-corrected chi connectivity index (χ4v) is 1.68. The zero-order chi connectivity index (χ0) is 14.0. The minimum absolute atomic E-state index is 0.0210. The van der Waals surface area contributed by atoms with Gasteiger partial charge in [-0.25, -0.2) is 4.39 Å². The molecular formula is C11H11BFNO5. The van der Waals surface area contributed by atoms with E-state index < -0.39 is 30.6 Å². The van der Waals surface area contributed by atoms with Crippen molar-refractivity contribution in [2.75, 3.05) is 20.1 Å². The van der Waals surface area contributed by atoms with Crippen molar-refractivity contribution in [2.24, 2.45) is 0 Å². The predicted molar refractivity (Wildman–Crippen MR) is 63.1 cm³/mol. The van der Waals surface area contributed by atoms with Crippen LogP contribution in [0.2, 0.25) is 0 Å². The van der Waals surface area contributed by atoms with E-state index in [4.69, 9.17) is 9.31 Å². The molecule has 0 bridgehead atoms. The number of likely N-dealkylation sites (N-methyl/N-ethyl adjacent to an activating group) is 1. The number of hydrogen-bond donors (Lipinski definition) is 1. The van der Waals surface area contributed by atoms with E-state index in [1.807, 2.05) is 0 Å². The number of benzene rings is 1. The Balaban J connectivity index is 2.26. The van der Waals surface area contributed by atoms with Crippen LogP contribution in [0.25, 0.3) is 0 Å². The van der Waals surface area contributed by atoms with Crippen molar-refractivity contribution in [3.05, 3.63) is 24.0 Å². The van der Waals surface area contributed by atoms with Crippen molar-refractivity contribution in [3.63, 3.8) is 0 Å². The van der Waals surface area contributed by atoms with E-state index in [9.17, 15) is 19.1 Å². The minimum Gasteiger partial charge on any atom is -0.508 e. The van der Waals surface area contributed by atoms with Gasteiger partial charge in [0.15, 0.2) is 0 Å². The molecule has 0 saturated carbocycles. The third-order valence-electron chi connectivity index (χ3n) is 2.52. The Morgan fingerprint density at radius 3 is 2.37 bits per heavy atom. The highest BCUT2D eigenvalue weighted by Crippen LogP contribution is 2.11. The normalized spacial score (nSPS) is 17.5. The van der Waals surface area contributed by atoms with Gasteiger partial charge >= 0.3 is 19.1 Å². The van der Waals surface area contributed by atoms with Crippen LogP contribution in [0.1, 0.15) is 0 Å². The van der Waals surface area contributed by atoms with Gasteiger partial charge in [0.2, 0.25) is 0 Å². The highest BCUT2D eigenvalue weighted by Gasteiger charge is 2.35. The van der Waals surface area contributed by atoms with Crippen molar-refractivity contribution < 1.29 is 28.4 Å². The second kappa shape index (κ2) is 5.27. The molecule has 1 heterocycles. The lowest BCUT2D eigenvalue weighted by atomic mass is 9.77. The van der Waals surface area contributed by atoms with Crippen LogP contribution in [0.4, 0.5) is 4.39 Å². The number of nitrogens with zero attached hydrogens (tertiary/aromatic N) is 1. The Kier molecular flexibility index (Phi) is 3.70. The van der Waals surface area contributed by atoms with Gasteiger partial charge in [-0.2, -0.15) is 0 Å². The first-order chi connectivity index (χ1) is 8.95. The van der Waals surface area contributed by atoms with Crippen molar-refractivity contribution in [3.8, 4) is 5.75 Å². The first-order valence-electron chi connectivity index (χ1n) is 5.51. The summed E-state index contributed by atoms with van der Waals surface area (Å²) in [7, 11) is 0.201. The number of carbonyl (C=O) groups excluding carboxylic acids is 2. The van der Waals surface area contributed by atoms with E-state index in [0.717, 1.165) is 12.1 Å². The van der Waals surface area contributed by atoms with Gasteiger partial charge in [-0.3, -0.25) is 14.5 Å². The summed E-state index contributed by atoms with van der Waals surface area (Å²) in [5, 5.41) is 9.60. The maximum absolute atomic E-state index is 12.9. The molecule has 1 aliphatic heterocycles. The number of phenolic OH excluding ortho intramolecular Hbond substituents is 1. The predicted octanol–water partition coefficient (Wildman–Crippen LogP) is -0.742. The van der Waals surface area contributed by atoms with E-state index in [1.54, 1.807) is 7.05 Å². The van der Waals surface area contributed by atoms with E-state index in [0.29, 0.717) is 0 Å².